The Morgan fingerprint density at radius 3 is 2.07 bits per heavy atom. The second-order valence-corrected chi connectivity index (χ2v) is 8.29. The van der Waals surface area contributed by atoms with Gasteiger partial charge in [-0.25, -0.2) is 8.42 Å². The summed E-state index contributed by atoms with van der Waals surface area (Å²) in [4.78, 5) is 12.6. The number of carbonyl (C=O) groups is 1. The maximum Gasteiger partial charge on any atom is 0.251 e. The SMILES string of the molecule is COc1ccc(C(=O)NC[C@H](c2ccco2)S(=O)(=O)c2ccc(OC)cc2)cc1. The van der Waals surface area contributed by atoms with Crippen molar-refractivity contribution < 1.29 is 27.1 Å². The van der Waals surface area contributed by atoms with Crippen LogP contribution < -0.4 is 14.8 Å². The molecule has 0 radical (unpaired) electrons. The van der Waals surface area contributed by atoms with E-state index in [0.717, 1.165) is 0 Å². The van der Waals surface area contributed by atoms with Crippen molar-refractivity contribution in [3.63, 3.8) is 0 Å². The first-order chi connectivity index (χ1) is 14.0. The van der Waals surface area contributed by atoms with Crippen LogP contribution in [0.4, 0.5) is 0 Å². The molecule has 2 aromatic carbocycles. The molecule has 0 aliphatic carbocycles. The minimum Gasteiger partial charge on any atom is -0.497 e. The number of hydrogen-bond donors (Lipinski definition) is 1. The zero-order chi connectivity index (χ0) is 20.9. The average Bonchev–Trinajstić information content (AvgIpc) is 3.28. The number of rotatable bonds is 8. The van der Waals surface area contributed by atoms with Gasteiger partial charge in [0.15, 0.2) is 9.84 Å². The van der Waals surface area contributed by atoms with Crippen molar-refractivity contribution in [2.45, 2.75) is 10.1 Å². The van der Waals surface area contributed by atoms with Crippen LogP contribution in [0.15, 0.2) is 76.2 Å². The summed E-state index contributed by atoms with van der Waals surface area (Å²) in [5.74, 6) is 1.02. The molecule has 0 saturated carbocycles. The number of nitrogens with one attached hydrogen (secondary N) is 1. The van der Waals surface area contributed by atoms with Crippen molar-refractivity contribution in [1.29, 1.82) is 0 Å². The molecule has 3 aromatic rings. The summed E-state index contributed by atoms with van der Waals surface area (Å²) in [7, 11) is -0.783. The van der Waals surface area contributed by atoms with Gasteiger partial charge in [-0.15, -0.1) is 0 Å². The highest BCUT2D eigenvalue weighted by molar-refractivity contribution is 7.91. The fourth-order valence-corrected chi connectivity index (χ4v) is 4.38. The van der Waals surface area contributed by atoms with Crippen LogP contribution >= 0.6 is 0 Å². The Labute approximate surface area is 169 Å². The molecule has 1 aromatic heterocycles. The molecule has 0 unspecified atom stereocenters. The summed E-state index contributed by atoms with van der Waals surface area (Å²) < 4.78 is 41.9. The first-order valence-electron chi connectivity index (χ1n) is 8.79. The van der Waals surface area contributed by atoms with Crippen LogP contribution in [0, 0.1) is 0 Å². The van der Waals surface area contributed by atoms with E-state index in [1.54, 1.807) is 48.5 Å². The van der Waals surface area contributed by atoms with Crippen molar-refractivity contribution in [2.24, 2.45) is 0 Å². The summed E-state index contributed by atoms with van der Waals surface area (Å²) in [5, 5.41) is 1.60. The highest BCUT2D eigenvalue weighted by Gasteiger charge is 2.32. The van der Waals surface area contributed by atoms with Crippen LogP contribution in [-0.4, -0.2) is 35.1 Å². The Morgan fingerprint density at radius 2 is 1.55 bits per heavy atom. The van der Waals surface area contributed by atoms with Gasteiger partial charge < -0.3 is 19.2 Å². The molecule has 1 atom stereocenters. The predicted octanol–water partition coefficient (Wildman–Crippen LogP) is 3.24. The van der Waals surface area contributed by atoms with Crippen molar-refractivity contribution in [3.8, 4) is 11.5 Å². The Kier molecular flexibility index (Phi) is 6.23. The number of benzene rings is 2. The van der Waals surface area contributed by atoms with Crippen molar-refractivity contribution >= 4 is 15.7 Å². The lowest BCUT2D eigenvalue weighted by Crippen LogP contribution is -2.31. The third-order valence-electron chi connectivity index (χ3n) is 4.42. The lowest BCUT2D eigenvalue weighted by molar-refractivity contribution is 0.0953. The molecule has 0 fully saturated rings. The number of methoxy groups -OCH3 is 2. The van der Waals surface area contributed by atoms with Crippen LogP contribution in [0.5, 0.6) is 11.5 Å². The van der Waals surface area contributed by atoms with E-state index in [4.69, 9.17) is 13.9 Å². The first-order valence-corrected chi connectivity index (χ1v) is 10.3. The van der Waals surface area contributed by atoms with Gasteiger partial charge in [-0.05, 0) is 60.7 Å². The van der Waals surface area contributed by atoms with Gasteiger partial charge in [-0.2, -0.15) is 0 Å². The van der Waals surface area contributed by atoms with E-state index in [2.05, 4.69) is 5.32 Å². The van der Waals surface area contributed by atoms with Crippen LogP contribution in [0.3, 0.4) is 0 Å². The molecular formula is C21H21NO6S. The molecule has 1 N–H and O–H groups in total. The maximum atomic E-state index is 13.2. The van der Waals surface area contributed by atoms with Gasteiger partial charge in [0.2, 0.25) is 0 Å². The molecule has 3 rings (SSSR count). The van der Waals surface area contributed by atoms with E-state index in [9.17, 15) is 13.2 Å². The summed E-state index contributed by atoms with van der Waals surface area (Å²) in [6.07, 6.45) is 1.40. The van der Waals surface area contributed by atoms with Gasteiger partial charge in [-0.3, -0.25) is 4.79 Å². The minimum atomic E-state index is -3.82. The minimum absolute atomic E-state index is 0.110. The Bertz CT molecular complexity index is 1040. The van der Waals surface area contributed by atoms with Crippen molar-refractivity contribution in [1.82, 2.24) is 5.32 Å². The Balaban J connectivity index is 1.82. The largest absolute Gasteiger partial charge is 0.497 e. The number of amides is 1. The van der Waals surface area contributed by atoms with Gasteiger partial charge in [0.05, 0.1) is 25.4 Å². The molecule has 1 amide bonds. The molecular weight excluding hydrogens is 394 g/mol. The fourth-order valence-electron chi connectivity index (χ4n) is 2.80. The lowest BCUT2D eigenvalue weighted by Gasteiger charge is -2.17. The molecule has 1 heterocycles. The highest BCUT2D eigenvalue weighted by Crippen LogP contribution is 2.30. The smallest absolute Gasteiger partial charge is 0.251 e. The van der Waals surface area contributed by atoms with Crippen LogP contribution in [0.1, 0.15) is 21.4 Å². The van der Waals surface area contributed by atoms with Crippen LogP contribution in [-0.2, 0) is 9.84 Å². The third kappa shape index (κ3) is 4.60. The number of hydrogen-bond acceptors (Lipinski definition) is 6. The van der Waals surface area contributed by atoms with E-state index >= 15 is 0 Å². The Hall–Kier alpha value is -3.26. The van der Waals surface area contributed by atoms with E-state index in [1.807, 2.05) is 0 Å². The van der Waals surface area contributed by atoms with Crippen molar-refractivity contribution in [3.05, 3.63) is 78.3 Å². The molecule has 0 spiro atoms. The third-order valence-corrected chi connectivity index (χ3v) is 6.50. The number of ether oxygens (including phenoxy) is 2. The molecule has 0 bridgehead atoms. The van der Waals surface area contributed by atoms with Gasteiger partial charge in [0.1, 0.15) is 22.5 Å². The fraction of sp³-hybridized carbons (Fsp3) is 0.190. The summed E-state index contributed by atoms with van der Waals surface area (Å²) >= 11 is 0. The number of carbonyl (C=O) groups excluding carboxylic acids is 1. The molecule has 29 heavy (non-hydrogen) atoms. The van der Waals surface area contributed by atoms with E-state index in [-0.39, 0.29) is 17.2 Å². The zero-order valence-corrected chi connectivity index (χ0v) is 16.8. The van der Waals surface area contributed by atoms with Gasteiger partial charge in [0.25, 0.3) is 5.91 Å². The molecule has 8 heteroatoms. The van der Waals surface area contributed by atoms with E-state index in [1.165, 1.54) is 32.6 Å². The first kappa shape index (κ1) is 20.5. The second-order valence-electron chi connectivity index (χ2n) is 6.16. The number of sulfone groups is 1. The monoisotopic (exact) mass is 415 g/mol. The summed E-state index contributed by atoms with van der Waals surface area (Å²) in [6, 6.07) is 15.8. The van der Waals surface area contributed by atoms with E-state index in [0.29, 0.717) is 17.1 Å². The molecule has 152 valence electrons. The topological polar surface area (TPSA) is 94.8 Å². The van der Waals surface area contributed by atoms with Gasteiger partial charge in [-0.1, -0.05) is 0 Å². The summed E-state index contributed by atoms with van der Waals surface area (Å²) in [6.45, 7) is -0.146. The van der Waals surface area contributed by atoms with Crippen LogP contribution in [0.2, 0.25) is 0 Å². The molecule has 0 aliphatic heterocycles. The standard InChI is InChI=1S/C21H21NO6S/c1-26-16-7-5-15(6-8-16)21(23)22-14-20(19-4-3-13-28-19)29(24,25)18-11-9-17(27-2)10-12-18/h3-13,20H,14H2,1-2H3,(H,22,23)/t20-/m1/s1. The van der Waals surface area contributed by atoms with Crippen LogP contribution in [0.25, 0.3) is 0 Å². The lowest BCUT2D eigenvalue weighted by atomic mass is 10.2. The predicted molar refractivity (Wildman–Crippen MR) is 107 cm³/mol. The quantitative estimate of drug-likeness (QED) is 0.607. The normalized spacial score (nSPS) is 12.2. The van der Waals surface area contributed by atoms with E-state index < -0.39 is 21.0 Å². The second kappa shape index (κ2) is 8.83. The number of furan rings is 1. The molecule has 0 aliphatic rings. The highest BCUT2D eigenvalue weighted by atomic mass is 32.2. The molecule has 7 nitrogen and oxygen atoms in total. The average molecular weight is 415 g/mol. The summed E-state index contributed by atoms with van der Waals surface area (Å²) in [5.41, 5.74) is 0.394. The zero-order valence-electron chi connectivity index (χ0n) is 16.0. The van der Waals surface area contributed by atoms with Gasteiger partial charge in [0, 0.05) is 12.1 Å². The van der Waals surface area contributed by atoms with Gasteiger partial charge >= 0.3 is 0 Å². The van der Waals surface area contributed by atoms with Crippen molar-refractivity contribution in [2.75, 3.05) is 20.8 Å². The maximum absolute atomic E-state index is 13.2. The molecule has 0 saturated heterocycles. The Morgan fingerprint density at radius 1 is 0.966 bits per heavy atom.